The fourth-order valence-electron chi connectivity index (χ4n) is 9.38. The minimum Gasteiger partial charge on any atom is -0.456 e. The van der Waals surface area contributed by atoms with Crippen LogP contribution in [0.1, 0.15) is 49.9 Å². The highest BCUT2D eigenvalue weighted by molar-refractivity contribution is 6.13. The van der Waals surface area contributed by atoms with E-state index in [1.54, 1.807) is 0 Å². The molecule has 0 saturated carbocycles. The minimum atomic E-state index is -0.147. The number of hydrogen-bond acceptors (Lipinski definition) is 4. The second-order valence-electron chi connectivity index (χ2n) is 16.0. The Bertz CT molecular complexity index is 3040. The highest BCUT2D eigenvalue weighted by Crippen LogP contribution is 2.52. The van der Waals surface area contributed by atoms with Gasteiger partial charge in [0.1, 0.15) is 11.2 Å². The number of fused-ring (bicyclic) bond motifs is 9. The Balaban J connectivity index is 1.13. The van der Waals surface area contributed by atoms with Crippen LogP contribution in [0.4, 0.5) is 0 Å². The smallest absolute Gasteiger partial charge is 0.164 e. The third-order valence-electron chi connectivity index (χ3n) is 12.2. The van der Waals surface area contributed by atoms with E-state index in [9.17, 15) is 0 Å². The quantitative estimate of drug-likeness (QED) is 0.183. The van der Waals surface area contributed by atoms with Crippen molar-refractivity contribution in [1.29, 1.82) is 0 Å². The molecule has 9 aromatic rings. The molecule has 0 atom stereocenters. The first-order valence-electron chi connectivity index (χ1n) is 19.0. The van der Waals surface area contributed by atoms with E-state index >= 15 is 0 Å². The molecule has 4 nitrogen and oxygen atoms in total. The molecule has 0 spiro atoms. The lowest BCUT2D eigenvalue weighted by molar-refractivity contribution is 0.660. The summed E-state index contributed by atoms with van der Waals surface area (Å²) in [5.41, 5.74) is 16.7. The van der Waals surface area contributed by atoms with Gasteiger partial charge >= 0.3 is 0 Å². The molecule has 2 aromatic heterocycles. The van der Waals surface area contributed by atoms with Crippen molar-refractivity contribution in [1.82, 2.24) is 15.0 Å². The van der Waals surface area contributed by atoms with Crippen LogP contribution >= 0.6 is 0 Å². The monoisotopic (exact) mass is 707 g/mol. The predicted octanol–water partition coefficient (Wildman–Crippen LogP) is 13.1. The molecule has 0 radical (unpaired) electrons. The molecule has 7 aromatic carbocycles. The summed E-state index contributed by atoms with van der Waals surface area (Å²) in [6, 6.07) is 53.9. The van der Waals surface area contributed by atoms with Crippen LogP contribution in [0, 0.1) is 0 Å². The largest absolute Gasteiger partial charge is 0.456 e. The number of furan rings is 1. The van der Waals surface area contributed by atoms with Crippen LogP contribution in [-0.2, 0) is 10.8 Å². The number of nitrogens with zero attached hydrogens (tertiary/aromatic N) is 3. The molecule has 2 heterocycles. The number of rotatable bonds is 4. The van der Waals surface area contributed by atoms with Crippen molar-refractivity contribution in [2.75, 3.05) is 0 Å². The lowest BCUT2D eigenvalue weighted by Gasteiger charge is -2.21. The highest BCUT2D eigenvalue weighted by atomic mass is 16.3. The number of aromatic nitrogens is 3. The van der Waals surface area contributed by atoms with Crippen molar-refractivity contribution < 1.29 is 4.42 Å². The van der Waals surface area contributed by atoms with Gasteiger partial charge in [-0.2, -0.15) is 0 Å². The molecule has 0 amide bonds. The van der Waals surface area contributed by atoms with Gasteiger partial charge in [-0.25, -0.2) is 15.0 Å². The third kappa shape index (κ3) is 4.61. The summed E-state index contributed by atoms with van der Waals surface area (Å²) in [6.45, 7) is 9.23. The maximum absolute atomic E-state index is 6.56. The van der Waals surface area contributed by atoms with Crippen LogP contribution in [0.25, 0.3) is 89.5 Å². The van der Waals surface area contributed by atoms with Gasteiger partial charge in [-0.15, -0.1) is 0 Å². The summed E-state index contributed by atoms with van der Waals surface area (Å²) in [5.74, 6) is 1.90. The van der Waals surface area contributed by atoms with E-state index in [1.807, 2.05) is 12.1 Å². The van der Waals surface area contributed by atoms with E-state index < -0.39 is 0 Å². The van der Waals surface area contributed by atoms with Crippen LogP contribution in [0.5, 0.6) is 0 Å². The molecule has 0 saturated heterocycles. The Hall–Kier alpha value is -6.65. The maximum Gasteiger partial charge on any atom is 0.164 e. The Morgan fingerprint density at radius 1 is 0.382 bits per heavy atom. The minimum absolute atomic E-state index is 0.0902. The summed E-state index contributed by atoms with van der Waals surface area (Å²) in [4.78, 5) is 15.8. The molecule has 4 heteroatoms. The van der Waals surface area contributed by atoms with Crippen LogP contribution in [0.2, 0.25) is 0 Å². The van der Waals surface area contributed by atoms with Crippen LogP contribution < -0.4 is 0 Å². The molecule has 262 valence electrons. The first-order valence-corrected chi connectivity index (χ1v) is 19.0. The Labute approximate surface area is 320 Å². The zero-order chi connectivity index (χ0) is 37.1. The first-order chi connectivity index (χ1) is 26.8. The van der Waals surface area contributed by atoms with Gasteiger partial charge in [0.2, 0.25) is 0 Å². The van der Waals surface area contributed by atoms with E-state index in [4.69, 9.17) is 19.4 Å². The molecule has 0 unspecified atom stereocenters. The van der Waals surface area contributed by atoms with Crippen molar-refractivity contribution in [2.45, 2.75) is 38.5 Å². The van der Waals surface area contributed by atoms with Gasteiger partial charge in [-0.1, -0.05) is 155 Å². The molecule has 0 N–H and O–H groups in total. The molecule has 55 heavy (non-hydrogen) atoms. The molecule has 2 aliphatic rings. The van der Waals surface area contributed by atoms with Crippen molar-refractivity contribution in [2.24, 2.45) is 0 Å². The van der Waals surface area contributed by atoms with Crippen molar-refractivity contribution >= 4 is 21.9 Å². The third-order valence-corrected chi connectivity index (χ3v) is 12.2. The van der Waals surface area contributed by atoms with Gasteiger partial charge in [-0.05, 0) is 79.9 Å². The number of benzene rings is 7. The average molecular weight is 708 g/mol. The Morgan fingerprint density at radius 3 is 1.75 bits per heavy atom. The summed E-state index contributed by atoms with van der Waals surface area (Å²) in [5, 5.41) is 2.17. The molecule has 11 rings (SSSR count). The first kappa shape index (κ1) is 31.8. The lowest BCUT2D eigenvalue weighted by atomic mass is 9.82. The zero-order valence-corrected chi connectivity index (χ0v) is 31.2. The average Bonchev–Trinajstić information content (AvgIpc) is 3.80. The second kappa shape index (κ2) is 11.4. The Morgan fingerprint density at radius 2 is 0.945 bits per heavy atom. The van der Waals surface area contributed by atoms with E-state index in [1.165, 1.54) is 44.5 Å². The normalized spacial score (nSPS) is 14.5. The summed E-state index contributed by atoms with van der Waals surface area (Å²) < 4.78 is 6.56. The van der Waals surface area contributed by atoms with E-state index in [2.05, 4.69) is 167 Å². The topological polar surface area (TPSA) is 51.8 Å². The molecule has 0 bridgehead atoms. The molecule has 2 aliphatic carbocycles. The standard InChI is InChI=1S/C51H37N3O/c1-50(2)39-20-10-8-16-34(39)38-28-31(25-27-41(38)50)47-52-48(54-49(53-47)37-19-12-22-42-45(37)35-17-9-11-21-40(35)51(42,3)4)32-24-26-36-44(29-32)55-43-23-13-18-33(46(36)43)30-14-6-5-7-15-30/h5-29H,1-4H3. The summed E-state index contributed by atoms with van der Waals surface area (Å²) in [6.07, 6.45) is 0. The van der Waals surface area contributed by atoms with Gasteiger partial charge in [0.05, 0.1) is 0 Å². The van der Waals surface area contributed by atoms with Crippen molar-refractivity contribution in [3.8, 4) is 67.5 Å². The second-order valence-corrected chi connectivity index (χ2v) is 16.0. The molecular formula is C51H37N3O. The van der Waals surface area contributed by atoms with E-state index in [0.717, 1.165) is 49.8 Å². The van der Waals surface area contributed by atoms with Crippen LogP contribution in [0.3, 0.4) is 0 Å². The molecule has 0 fully saturated rings. The van der Waals surface area contributed by atoms with Gasteiger partial charge in [0.25, 0.3) is 0 Å². The fourth-order valence-corrected chi connectivity index (χ4v) is 9.38. The molecular weight excluding hydrogens is 671 g/mol. The molecule has 0 aliphatic heterocycles. The van der Waals surface area contributed by atoms with Crippen LogP contribution in [-0.4, -0.2) is 15.0 Å². The summed E-state index contributed by atoms with van der Waals surface area (Å²) >= 11 is 0. The van der Waals surface area contributed by atoms with Crippen molar-refractivity contribution in [3.05, 3.63) is 174 Å². The zero-order valence-electron chi connectivity index (χ0n) is 31.2. The lowest BCUT2D eigenvalue weighted by Crippen LogP contribution is -2.14. The van der Waals surface area contributed by atoms with Gasteiger partial charge < -0.3 is 4.42 Å². The van der Waals surface area contributed by atoms with E-state index in [0.29, 0.717) is 17.5 Å². The van der Waals surface area contributed by atoms with Crippen LogP contribution in [0.15, 0.2) is 156 Å². The fraction of sp³-hybridized carbons (Fsp3) is 0.118. The predicted molar refractivity (Wildman–Crippen MR) is 224 cm³/mol. The summed E-state index contributed by atoms with van der Waals surface area (Å²) in [7, 11) is 0. The van der Waals surface area contributed by atoms with Crippen molar-refractivity contribution in [3.63, 3.8) is 0 Å². The SMILES string of the molecule is CC1(C)c2ccccc2-c2cc(-c3nc(-c4ccc5c(c4)oc4cccc(-c6ccccc6)c45)nc(-c4cccc5c4-c4ccccc4C5(C)C)n3)ccc21. The van der Waals surface area contributed by atoms with Gasteiger partial charge in [0, 0.05) is 38.3 Å². The van der Waals surface area contributed by atoms with E-state index in [-0.39, 0.29) is 10.8 Å². The van der Waals surface area contributed by atoms with Gasteiger partial charge in [-0.3, -0.25) is 0 Å². The highest BCUT2D eigenvalue weighted by Gasteiger charge is 2.38. The van der Waals surface area contributed by atoms with Gasteiger partial charge in [0.15, 0.2) is 17.5 Å². The Kier molecular flexibility index (Phi) is 6.61. The maximum atomic E-state index is 6.56. The number of hydrogen-bond donors (Lipinski definition) is 0.